The molecule has 0 amide bonds. The number of fused-ring (bicyclic) bond motifs is 1. The third kappa shape index (κ3) is 2.75. The second-order valence-electron chi connectivity index (χ2n) is 4.90. The van der Waals surface area contributed by atoms with Gasteiger partial charge in [-0.2, -0.15) is 0 Å². The van der Waals surface area contributed by atoms with Crippen LogP contribution in [0.1, 0.15) is 17.0 Å². The van der Waals surface area contributed by atoms with Crippen LogP contribution in [0.5, 0.6) is 11.5 Å². The van der Waals surface area contributed by atoms with Crippen molar-refractivity contribution in [1.82, 2.24) is 4.98 Å². The average Bonchev–Trinajstić information content (AvgIpc) is 2.53. The van der Waals surface area contributed by atoms with E-state index in [-0.39, 0.29) is 5.92 Å². The smallest absolute Gasteiger partial charge is 0.161 e. The third-order valence-electron chi connectivity index (χ3n) is 3.53. The predicted molar refractivity (Wildman–Crippen MR) is 77.2 cm³/mol. The summed E-state index contributed by atoms with van der Waals surface area (Å²) in [5.41, 5.74) is 8.31. The van der Waals surface area contributed by atoms with Gasteiger partial charge in [-0.3, -0.25) is 4.98 Å². The Hall–Kier alpha value is -2.07. The summed E-state index contributed by atoms with van der Waals surface area (Å²) < 4.78 is 11.2. The fourth-order valence-corrected chi connectivity index (χ4v) is 2.45. The zero-order valence-electron chi connectivity index (χ0n) is 11.3. The number of rotatable bonds is 4. The van der Waals surface area contributed by atoms with E-state index in [1.807, 2.05) is 24.4 Å². The van der Waals surface area contributed by atoms with E-state index in [4.69, 9.17) is 15.2 Å². The quantitative estimate of drug-likeness (QED) is 0.924. The van der Waals surface area contributed by atoms with Crippen molar-refractivity contribution in [3.63, 3.8) is 0 Å². The van der Waals surface area contributed by atoms with Crippen LogP contribution < -0.4 is 15.2 Å². The molecule has 20 heavy (non-hydrogen) atoms. The lowest BCUT2D eigenvalue weighted by atomic mass is 9.92. The van der Waals surface area contributed by atoms with Gasteiger partial charge in [0.05, 0.1) is 0 Å². The lowest BCUT2D eigenvalue weighted by molar-refractivity contribution is 0.171. The molecule has 2 heterocycles. The Morgan fingerprint density at radius 3 is 2.75 bits per heavy atom. The van der Waals surface area contributed by atoms with Gasteiger partial charge in [0.15, 0.2) is 11.5 Å². The van der Waals surface area contributed by atoms with E-state index in [2.05, 4.69) is 17.1 Å². The molecule has 3 rings (SSSR count). The molecule has 1 unspecified atom stereocenters. The molecule has 1 aromatic carbocycles. The Labute approximate surface area is 118 Å². The summed E-state index contributed by atoms with van der Waals surface area (Å²) in [6.45, 7) is 1.81. The fourth-order valence-electron chi connectivity index (χ4n) is 2.45. The van der Waals surface area contributed by atoms with E-state index in [0.29, 0.717) is 19.8 Å². The molecule has 0 saturated carbocycles. The first kappa shape index (κ1) is 12.9. The van der Waals surface area contributed by atoms with Crippen LogP contribution in [0.2, 0.25) is 0 Å². The molecular weight excluding hydrogens is 252 g/mol. The minimum Gasteiger partial charge on any atom is -0.486 e. The Balaban J connectivity index is 1.82. The molecule has 1 atom stereocenters. The maximum Gasteiger partial charge on any atom is 0.161 e. The van der Waals surface area contributed by atoms with Gasteiger partial charge in [0.2, 0.25) is 0 Å². The van der Waals surface area contributed by atoms with Crippen LogP contribution in [0.25, 0.3) is 0 Å². The minimum atomic E-state index is 0.259. The highest BCUT2D eigenvalue weighted by atomic mass is 16.6. The Morgan fingerprint density at radius 1 is 1.15 bits per heavy atom. The zero-order valence-corrected chi connectivity index (χ0v) is 11.3. The Morgan fingerprint density at radius 2 is 2.00 bits per heavy atom. The number of nitrogens with zero attached hydrogens (tertiary/aromatic N) is 1. The number of hydrogen-bond donors (Lipinski definition) is 1. The number of aromatic nitrogens is 1. The lowest BCUT2D eigenvalue weighted by Crippen LogP contribution is -2.18. The van der Waals surface area contributed by atoms with Crippen LogP contribution in [0.4, 0.5) is 0 Å². The van der Waals surface area contributed by atoms with Gasteiger partial charge in [-0.15, -0.1) is 0 Å². The van der Waals surface area contributed by atoms with Crippen LogP contribution >= 0.6 is 0 Å². The van der Waals surface area contributed by atoms with E-state index in [1.165, 1.54) is 11.1 Å². The first-order valence-corrected chi connectivity index (χ1v) is 6.85. The van der Waals surface area contributed by atoms with E-state index >= 15 is 0 Å². The molecule has 4 heteroatoms. The molecule has 2 N–H and O–H groups in total. The van der Waals surface area contributed by atoms with Crippen molar-refractivity contribution in [2.75, 3.05) is 19.8 Å². The van der Waals surface area contributed by atoms with Crippen LogP contribution in [0.3, 0.4) is 0 Å². The van der Waals surface area contributed by atoms with Gasteiger partial charge in [-0.05, 0) is 42.3 Å². The molecule has 104 valence electrons. The maximum atomic E-state index is 5.94. The van der Waals surface area contributed by atoms with Gasteiger partial charge >= 0.3 is 0 Å². The second-order valence-corrected chi connectivity index (χ2v) is 4.90. The summed E-state index contributed by atoms with van der Waals surface area (Å²) >= 11 is 0. The molecule has 0 spiro atoms. The van der Waals surface area contributed by atoms with Crippen LogP contribution in [-0.2, 0) is 6.42 Å². The highest BCUT2D eigenvalue weighted by molar-refractivity contribution is 5.45. The van der Waals surface area contributed by atoms with Crippen molar-refractivity contribution in [3.05, 3.63) is 53.9 Å². The normalized spacial score (nSPS) is 14.8. The Kier molecular flexibility index (Phi) is 3.83. The van der Waals surface area contributed by atoms with Gasteiger partial charge < -0.3 is 15.2 Å². The van der Waals surface area contributed by atoms with Crippen LogP contribution in [0.15, 0.2) is 42.7 Å². The molecule has 1 aromatic heterocycles. The number of ether oxygens (including phenoxy) is 2. The molecular formula is C16H18N2O2. The summed E-state index contributed by atoms with van der Waals surface area (Å²) in [5, 5.41) is 0. The van der Waals surface area contributed by atoms with Crippen molar-refractivity contribution in [2.24, 2.45) is 5.73 Å². The van der Waals surface area contributed by atoms with Gasteiger partial charge in [0.1, 0.15) is 13.2 Å². The SMILES string of the molecule is NCC(Cc1cccnc1)c1ccc2c(c1)OCCO2. The largest absolute Gasteiger partial charge is 0.486 e. The molecule has 0 radical (unpaired) electrons. The third-order valence-corrected chi connectivity index (χ3v) is 3.53. The van der Waals surface area contributed by atoms with Crippen molar-refractivity contribution < 1.29 is 9.47 Å². The summed E-state index contributed by atoms with van der Waals surface area (Å²) in [5.74, 6) is 1.89. The minimum absolute atomic E-state index is 0.259. The topological polar surface area (TPSA) is 57.4 Å². The summed E-state index contributed by atoms with van der Waals surface area (Å²) in [7, 11) is 0. The average molecular weight is 270 g/mol. The van der Waals surface area contributed by atoms with Crippen molar-refractivity contribution in [1.29, 1.82) is 0 Å². The molecule has 4 nitrogen and oxygen atoms in total. The van der Waals surface area contributed by atoms with Gasteiger partial charge in [-0.25, -0.2) is 0 Å². The molecule has 2 aromatic rings. The van der Waals surface area contributed by atoms with Gasteiger partial charge in [-0.1, -0.05) is 12.1 Å². The lowest BCUT2D eigenvalue weighted by Gasteiger charge is -2.21. The second kappa shape index (κ2) is 5.92. The van der Waals surface area contributed by atoms with Crippen molar-refractivity contribution in [3.8, 4) is 11.5 Å². The van der Waals surface area contributed by atoms with E-state index in [0.717, 1.165) is 17.9 Å². The predicted octanol–water partition coefficient (Wildman–Crippen LogP) is 2.14. The summed E-state index contributed by atoms with van der Waals surface area (Å²) in [6, 6.07) is 10.1. The Bertz CT molecular complexity index is 572. The number of benzene rings is 1. The molecule has 1 aliphatic heterocycles. The van der Waals surface area contributed by atoms with Gasteiger partial charge in [0, 0.05) is 18.3 Å². The summed E-state index contributed by atoms with van der Waals surface area (Å²) in [4.78, 5) is 4.15. The standard InChI is InChI=1S/C16H18N2O2/c17-10-14(8-12-2-1-5-18-11-12)13-3-4-15-16(9-13)20-7-6-19-15/h1-5,9,11,14H,6-8,10,17H2. The maximum absolute atomic E-state index is 5.94. The number of nitrogens with two attached hydrogens (primary N) is 1. The number of hydrogen-bond acceptors (Lipinski definition) is 4. The van der Waals surface area contributed by atoms with E-state index in [9.17, 15) is 0 Å². The molecule has 0 aliphatic carbocycles. The fraction of sp³-hybridized carbons (Fsp3) is 0.312. The number of pyridine rings is 1. The monoisotopic (exact) mass is 270 g/mol. The first-order chi connectivity index (χ1) is 9.86. The summed E-state index contributed by atoms with van der Waals surface area (Å²) in [6.07, 6.45) is 4.55. The molecule has 0 bridgehead atoms. The van der Waals surface area contributed by atoms with Crippen molar-refractivity contribution in [2.45, 2.75) is 12.3 Å². The molecule has 0 saturated heterocycles. The highest BCUT2D eigenvalue weighted by Gasteiger charge is 2.16. The zero-order chi connectivity index (χ0) is 13.8. The van der Waals surface area contributed by atoms with E-state index < -0.39 is 0 Å². The van der Waals surface area contributed by atoms with Gasteiger partial charge in [0.25, 0.3) is 0 Å². The van der Waals surface area contributed by atoms with E-state index in [1.54, 1.807) is 6.20 Å². The van der Waals surface area contributed by atoms with Crippen LogP contribution in [0, 0.1) is 0 Å². The highest BCUT2D eigenvalue weighted by Crippen LogP contribution is 2.33. The first-order valence-electron chi connectivity index (χ1n) is 6.85. The van der Waals surface area contributed by atoms with Crippen LogP contribution in [-0.4, -0.2) is 24.7 Å². The van der Waals surface area contributed by atoms with Crippen molar-refractivity contribution >= 4 is 0 Å². The molecule has 0 fully saturated rings. The molecule has 1 aliphatic rings.